The Morgan fingerprint density at radius 3 is 2.45 bits per heavy atom. The molecule has 1 aromatic carbocycles. The zero-order valence-electron chi connectivity index (χ0n) is 10.9. The first kappa shape index (κ1) is 17.3. The van der Waals surface area contributed by atoms with E-state index in [0.29, 0.717) is 12.0 Å². The molecule has 0 heterocycles. The van der Waals surface area contributed by atoms with E-state index in [1.54, 1.807) is 6.07 Å². The minimum absolute atomic E-state index is 0.0434. The summed E-state index contributed by atoms with van der Waals surface area (Å²) in [6, 6.07) is 4.04. The fourth-order valence-electron chi connectivity index (χ4n) is 1.55. The van der Waals surface area contributed by atoms with E-state index in [1.165, 1.54) is 6.07 Å². The van der Waals surface area contributed by atoms with Crippen molar-refractivity contribution >= 4 is 21.6 Å². The van der Waals surface area contributed by atoms with Gasteiger partial charge in [-0.25, -0.2) is 8.42 Å². The largest absolute Gasteiger partial charge is 0.417 e. The molecule has 8 heteroatoms. The Balaban J connectivity index is 2.94. The monoisotopic (exact) mass is 327 g/mol. The summed E-state index contributed by atoms with van der Waals surface area (Å²) in [4.78, 5) is 0.0434. The van der Waals surface area contributed by atoms with Crippen molar-refractivity contribution in [3.05, 3.63) is 29.3 Å². The molecule has 0 unspecified atom stereocenters. The highest BCUT2D eigenvalue weighted by molar-refractivity contribution is 8.00. The van der Waals surface area contributed by atoms with Gasteiger partial charge in [-0.1, -0.05) is 6.07 Å². The number of hydrogen-bond donors (Lipinski definition) is 1. The number of hydrogen-bond acceptors (Lipinski definition) is 4. The lowest BCUT2D eigenvalue weighted by molar-refractivity contribution is -0.139. The van der Waals surface area contributed by atoms with Crippen LogP contribution in [0.3, 0.4) is 0 Å². The molecule has 0 aliphatic rings. The van der Waals surface area contributed by atoms with E-state index >= 15 is 0 Å². The molecule has 0 saturated heterocycles. The van der Waals surface area contributed by atoms with Gasteiger partial charge in [-0.15, -0.1) is 11.8 Å². The SMILES string of the molecule is CS(=O)(=O)CCSc1ccc(CCN)cc1C(F)(F)F. The molecule has 0 spiro atoms. The number of alkyl halides is 3. The summed E-state index contributed by atoms with van der Waals surface area (Å²) in [6.07, 6.45) is -3.03. The minimum atomic E-state index is -4.46. The lowest BCUT2D eigenvalue weighted by Gasteiger charge is -2.14. The predicted octanol–water partition coefficient (Wildman–Crippen LogP) is 2.34. The predicted molar refractivity (Wildman–Crippen MR) is 74.6 cm³/mol. The first-order valence-electron chi connectivity index (χ1n) is 5.84. The highest BCUT2D eigenvalue weighted by Crippen LogP contribution is 2.37. The van der Waals surface area contributed by atoms with Crippen molar-refractivity contribution in [3.8, 4) is 0 Å². The highest BCUT2D eigenvalue weighted by Gasteiger charge is 2.33. The second-order valence-corrected chi connectivity index (χ2v) is 7.74. The van der Waals surface area contributed by atoms with Crippen molar-refractivity contribution in [1.82, 2.24) is 0 Å². The molecule has 0 atom stereocenters. The Labute approximate surface area is 120 Å². The number of sulfone groups is 1. The molecule has 0 aromatic heterocycles. The topological polar surface area (TPSA) is 60.2 Å². The Morgan fingerprint density at radius 2 is 1.95 bits per heavy atom. The summed E-state index contributed by atoms with van der Waals surface area (Å²) in [5.74, 6) is -0.0579. The van der Waals surface area contributed by atoms with Crippen LogP contribution in [-0.2, 0) is 22.4 Å². The van der Waals surface area contributed by atoms with Crippen molar-refractivity contribution in [3.63, 3.8) is 0 Å². The smallest absolute Gasteiger partial charge is 0.330 e. The highest BCUT2D eigenvalue weighted by atomic mass is 32.2. The van der Waals surface area contributed by atoms with E-state index in [1.807, 2.05) is 0 Å². The maximum Gasteiger partial charge on any atom is 0.417 e. The van der Waals surface area contributed by atoms with Gasteiger partial charge in [-0.3, -0.25) is 0 Å². The number of rotatable bonds is 6. The summed E-state index contributed by atoms with van der Waals surface area (Å²) >= 11 is 0.897. The third-order valence-corrected chi connectivity index (χ3v) is 4.77. The zero-order chi connectivity index (χ0) is 15.4. The van der Waals surface area contributed by atoms with Gasteiger partial charge in [0.05, 0.1) is 11.3 Å². The van der Waals surface area contributed by atoms with Crippen molar-refractivity contribution in [1.29, 1.82) is 0 Å². The van der Waals surface area contributed by atoms with Gasteiger partial charge in [0.1, 0.15) is 9.84 Å². The van der Waals surface area contributed by atoms with Crippen molar-refractivity contribution in [2.24, 2.45) is 5.73 Å². The van der Waals surface area contributed by atoms with Crippen molar-refractivity contribution in [2.75, 3.05) is 24.3 Å². The second kappa shape index (κ2) is 6.82. The van der Waals surface area contributed by atoms with Crippen LogP contribution in [0.5, 0.6) is 0 Å². The molecule has 114 valence electrons. The number of benzene rings is 1. The minimum Gasteiger partial charge on any atom is -0.330 e. The molecule has 0 saturated carbocycles. The molecule has 20 heavy (non-hydrogen) atoms. The van der Waals surface area contributed by atoms with E-state index in [0.717, 1.165) is 24.1 Å². The Bertz CT molecular complexity index is 556. The van der Waals surface area contributed by atoms with Crippen LogP contribution < -0.4 is 5.73 Å². The summed E-state index contributed by atoms with van der Waals surface area (Å²) in [7, 11) is -3.18. The van der Waals surface area contributed by atoms with Gasteiger partial charge in [0, 0.05) is 16.9 Å². The van der Waals surface area contributed by atoms with Gasteiger partial charge in [0.15, 0.2) is 0 Å². The zero-order valence-corrected chi connectivity index (χ0v) is 12.5. The maximum atomic E-state index is 13.0. The third kappa shape index (κ3) is 5.72. The number of thioether (sulfide) groups is 1. The fraction of sp³-hybridized carbons (Fsp3) is 0.500. The summed E-state index contributed by atoms with van der Waals surface area (Å²) < 4.78 is 60.9. The summed E-state index contributed by atoms with van der Waals surface area (Å²) in [6.45, 7) is 0.276. The van der Waals surface area contributed by atoms with Crippen LogP contribution in [0.15, 0.2) is 23.1 Å². The lowest BCUT2D eigenvalue weighted by Crippen LogP contribution is -2.10. The van der Waals surface area contributed by atoms with E-state index in [2.05, 4.69) is 0 Å². The molecule has 0 radical (unpaired) electrons. The molecule has 2 N–H and O–H groups in total. The molecule has 0 fully saturated rings. The van der Waals surface area contributed by atoms with Gasteiger partial charge in [-0.2, -0.15) is 13.2 Å². The third-order valence-electron chi connectivity index (χ3n) is 2.49. The first-order valence-corrected chi connectivity index (χ1v) is 8.89. The average molecular weight is 327 g/mol. The van der Waals surface area contributed by atoms with E-state index in [9.17, 15) is 21.6 Å². The average Bonchev–Trinajstić information content (AvgIpc) is 2.28. The number of nitrogens with two attached hydrogens (primary N) is 1. The first-order chi connectivity index (χ1) is 9.13. The molecule has 0 aliphatic heterocycles. The Kier molecular flexibility index (Phi) is 5.91. The van der Waals surface area contributed by atoms with Crippen LogP contribution in [-0.4, -0.2) is 32.7 Å². The van der Waals surface area contributed by atoms with Crippen LogP contribution >= 0.6 is 11.8 Å². The van der Waals surface area contributed by atoms with Gasteiger partial charge >= 0.3 is 6.18 Å². The van der Waals surface area contributed by atoms with Crippen molar-refractivity contribution < 1.29 is 21.6 Å². The molecule has 0 amide bonds. The van der Waals surface area contributed by atoms with E-state index in [4.69, 9.17) is 5.73 Å². The van der Waals surface area contributed by atoms with Gasteiger partial charge in [0.25, 0.3) is 0 Å². The van der Waals surface area contributed by atoms with Crippen LogP contribution in [0.1, 0.15) is 11.1 Å². The quantitative estimate of drug-likeness (QED) is 0.815. The normalized spacial score (nSPS) is 12.7. The van der Waals surface area contributed by atoms with Crippen LogP contribution in [0.4, 0.5) is 13.2 Å². The van der Waals surface area contributed by atoms with Gasteiger partial charge in [0.2, 0.25) is 0 Å². The summed E-state index contributed by atoms with van der Waals surface area (Å²) in [5.41, 5.74) is 5.12. The molecule has 0 aliphatic carbocycles. The molecule has 1 aromatic rings. The van der Waals surface area contributed by atoms with Gasteiger partial charge in [-0.05, 0) is 30.7 Å². The van der Waals surface area contributed by atoms with Crippen LogP contribution in [0.2, 0.25) is 0 Å². The lowest BCUT2D eigenvalue weighted by atomic mass is 10.1. The summed E-state index contributed by atoms with van der Waals surface area (Å²) in [5, 5.41) is 0. The second-order valence-electron chi connectivity index (χ2n) is 4.35. The molecular weight excluding hydrogens is 311 g/mol. The Morgan fingerprint density at radius 1 is 1.30 bits per heavy atom. The Hall–Kier alpha value is -0.730. The number of halogens is 3. The molecule has 0 bridgehead atoms. The maximum absolute atomic E-state index is 13.0. The van der Waals surface area contributed by atoms with Crippen LogP contribution in [0.25, 0.3) is 0 Å². The fourth-order valence-corrected chi connectivity index (χ4v) is 3.81. The van der Waals surface area contributed by atoms with Gasteiger partial charge < -0.3 is 5.73 Å². The van der Waals surface area contributed by atoms with Crippen molar-refractivity contribution in [2.45, 2.75) is 17.5 Å². The molecule has 1 rings (SSSR count). The van der Waals surface area contributed by atoms with E-state index in [-0.39, 0.29) is 22.9 Å². The molecule has 3 nitrogen and oxygen atoms in total. The van der Waals surface area contributed by atoms with Crippen LogP contribution in [0, 0.1) is 0 Å². The van der Waals surface area contributed by atoms with E-state index < -0.39 is 21.6 Å². The molecular formula is C12H16F3NO2S2. The standard InChI is InChI=1S/C12H16F3NO2S2/c1-20(17,18)7-6-19-11-3-2-9(4-5-16)8-10(11)12(13,14)15/h2-3,8H,4-7,16H2,1H3.